The predicted octanol–water partition coefficient (Wildman–Crippen LogP) is 3.18. The Bertz CT molecular complexity index is 627. The van der Waals surface area contributed by atoms with Crippen molar-refractivity contribution in [3.05, 3.63) is 24.2 Å². The molecule has 4 heterocycles. The van der Waals surface area contributed by atoms with Gasteiger partial charge in [0.15, 0.2) is 5.65 Å². The molecule has 0 amide bonds. The third-order valence-corrected chi connectivity index (χ3v) is 6.28. The predicted molar refractivity (Wildman–Crippen MR) is 92.5 cm³/mol. The lowest BCUT2D eigenvalue weighted by Gasteiger charge is -2.27. The van der Waals surface area contributed by atoms with Crippen LogP contribution < -0.4 is 5.32 Å². The number of nitrogens with zero attached hydrogens (tertiary/aromatic N) is 3. The maximum atomic E-state index is 4.95. The van der Waals surface area contributed by atoms with Crippen LogP contribution in [-0.2, 0) is 6.42 Å². The maximum Gasteiger partial charge on any atom is 0.160 e. The normalized spacial score (nSPS) is 23.9. The second-order valence-electron chi connectivity index (χ2n) is 6.42. The summed E-state index contributed by atoms with van der Waals surface area (Å²) in [6.07, 6.45) is 9.48. The number of nitrogens with one attached hydrogen (secondary N) is 1. The zero-order chi connectivity index (χ0) is 14.8. The Morgan fingerprint density at radius 3 is 2.95 bits per heavy atom. The van der Waals surface area contributed by atoms with Gasteiger partial charge in [-0.15, -0.1) is 0 Å². The fraction of sp³-hybridized carbons (Fsp3) is 0.647. The van der Waals surface area contributed by atoms with E-state index >= 15 is 0 Å². The molecule has 0 saturated carbocycles. The largest absolute Gasteiger partial charge is 0.317 e. The molecule has 0 radical (unpaired) electrons. The first-order valence-corrected chi connectivity index (χ1v) is 9.61. The summed E-state index contributed by atoms with van der Waals surface area (Å²) in [7, 11) is 0. The molecule has 4 rings (SSSR count). The van der Waals surface area contributed by atoms with Crippen LogP contribution in [0.2, 0.25) is 0 Å². The number of aromatic nitrogens is 3. The van der Waals surface area contributed by atoms with E-state index in [9.17, 15) is 0 Å². The minimum Gasteiger partial charge on any atom is -0.317 e. The van der Waals surface area contributed by atoms with Gasteiger partial charge in [-0.25, -0.2) is 9.97 Å². The van der Waals surface area contributed by atoms with Gasteiger partial charge in [0.2, 0.25) is 0 Å². The molecule has 0 bridgehead atoms. The highest BCUT2D eigenvalue weighted by molar-refractivity contribution is 7.99. The van der Waals surface area contributed by atoms with Gasteiger partial charge in [-0.2, -0.15) is 11.8 Å². The molecule has 2 saturated heterocycles. The van der Waals surface area contributed by atoms with E-state index in [2.05, 4.69) is 32.7 Å². The van der Waals surface area contributed by atoms with Gasteiger partial charge in [-0.3, -0.25) is 0 Å². The minimum atomic E-state index is 0.560. The molecule has 1 N–H and O–H groups in total. The van der Waals surface area contributed by atoms with Crippen molar-refractivity contribution < 1.29 is 0 Å². The molecule has 2 aromatic rings. The highest BCUT2D eigenvalue weighted by Gasteiger charge is 2.24. The van der Waals surface area contributed by atoms with E-state index in [0.29, 0.717) is 6.04 Å². The quantitative estimate of drug-likeness (QED) is 0.944. The van der Waals surface area contributed by atoms with Gasteiger partial charge >= 0.3 is 0 Å². The lowest BCUT2D eigenvalue weighted by Crippen LogP contribution is -2.30. The van der Waals surface area contributed by atoms with Crippen LogP contribution in [0.3, 0.4) is 0 Å². The van der Waals surface area contributed by atoms with E-state index in [-0.39, 0.29) is 0 Å². The minimum absolute atomic E-state index is 0.560. The van der Waals surface area contributed by atoms with Crippen LogP contribution in [0.4, 0.5) is 0 Å². The molecule has 0 aliphatic carbocycles. The molecule has 4 nitrogen and oxygen atoms in total. The van der Waals surface area contributed by atoms with Crippen LogP contribution in [-0.4, -0.2) is 38.6 Å². The Hall–Kier alpha value is -1.07. The molecule has 2 aromatic heterocycles. The second-order valence-corrected chi connectivity index (χ2v) is 7.83. The maximum absolute atomic E-state index is 4.95. The standard InChI is InChI=1S/C17H24N4S/c1-2-11-22-14(4-1)12-16-20-15-5-3-8-19-17(15)21(16)13-6-9-18-10-7-13/h3,5,8,13-14,18H,1-2,4,6-7,9-12H2. The SMILES string of the molecule is c1cnc2c(c1)nc(CC1CCCCS1)n2C1CCNCC1. The Morgan fingerprint density at radius 2 is 2.14 bits per heavy atom. The van der Waals surface area contributed by atoms with Crippen LogP contribution in [0.25, 0.3) is 11.2 Å². The molecule has 1 unspecified atom stereocenters. The number of pyridine rings is 1. The molecule has 2 aliphatic heterocycles. The molecule has 1 atom stereocenters. The summed E-state index contributed by atoms with van der Waals surface area (Å²) in [4.78, 5) is 9.59. The summed E-state index contributed by atoms with van der Waals surface area (Å²) in [5.74, 6) is 2.58. The van der Waals surface area contributed by atoms with E-state index in [1.54, 1.807) is 0 Å². The number of hydrogen-bond donors (Lipinski definition) is 1. The summed E-state index contributed by atoms with van der Waals surface area (Å²) in [6.45, 7) is 2.21. The zero-order valence-corrected chi connectivity index (χ0v) is 13.8. The molecule has 5 heteroatoms. The van der Waals surface area contributed by atoms with Gasteiger partial charge in [0.05, 0.1) is 0 Å². The lowest BCUT2D eigenvalue weighted by atomic mass is 10.1. The van der Waals surface area contributed by atoms with Gasteiger partial charge in [-0.05, 0) is 56.7 Å². The second kappa shape index (κ2) is 6.59. The Labute approximate surface area is 136 Å². The molecule has 2 fully saturated rings. The molecule has 118 valence electrons. The van der Waals surface area contributed by atoms with Gasteiger partial charge in [-0.1, -0.05) is 6.42 Å². The van der Waals surface area contributed by atoms with Crippen LogP contribution in [0.15, 0.2) is 18.3 Å². The number of fused-ring (bicyclic) bond motifs is 1. The number of thioether (sulfide) groups is 1. The average molecular weight is 316 g/mol. The van der Waals surface area contributed by atoms with Gasteiger partial charge in [0.1, 0.15) is 11.3 Å². The lowest BCUT2D eigenvalue weighted by molar-refractivity contribution is 0.364. The molecule has 0 aromatic carbocycles. The first-order valence-electron chi connectivity index (χ1n) is 8.56. The Morgan fingerprint density at radius 1 is 1.23 bits per heavy atom. The summed E-state index contributed by atoms with van der Waals surface area (Å²) in [5.41, 5.74) is 2.15. The Balaban J connectivity index is 1.68. The summed E-state index contributed by atoms with van der Waals surface area (Å²) in [5, 5.41) is 4.21. The van der Waals surface area contributed by atoms with Crippen molar-refractivity contribution in [3.63, 3.8) is 0 Å². The van der Waals surface area contributed by atoms with Crippen molar-refractivity contribution in [3.8, 4) is 0 Å². The zero-order valence-electron chi connectivity index (χ0n) is 13.0. The molecule has 2 aliphatic rings. The monoisotopic (exact) mass is 316 g/mol. The van der Waals surface area contributed by atoms with Crippen molar-refractivity contribution >= 4 is 22.9 Å². The smallest absolute Gasteiger partial charge is 0.160 e. The first kappa shape index (κ1) is 14.5. The van der Waals surface area contributed by atoms with Crippen LogP contribution in [0, 0.1) is 0 Å². The first-order chi connectivity index (χ1) is 10.9. The third kappa shape index (κ3) is 2.88. The highest BCUT2D eigenvalue weighted by Crippen LogP contribution is 2.31. The van der Waals surface area contributed by atoms with E-state index in [1.165, 1.54) is 43.7 Å². The van der Waals surface area contributed by atoms with Crippen molar-refractivity contribution in [2.24, 2.45) is 0 Å². The number of rotatable bonds is 3. The van der Waals surface area contributed by atoms with Gasteiger partial charge < -0.3 is 9.88 Å². The third-order valence-electron chi connectivity index (χ3n) is 4.88. The van der Waals surface area contributed by atoms with E-state index in [4.69, 9.17) is 4.98 Å². The molecule has 0 spiro atoms. The van der Waals surface area contributed by atoms with Gasteiger partial charge in [0.25, 0.3) is 0 Å². The van der Waals surface area contributed by atoms with E-state index in [0.717, 1.165) is 35.9 Å². The van der Waals surface area contributed by atoms with Crippen LogP contribution >= 0.6 is 11.8 Å². The molecular weight excluding hydrogens is 292 g/mol. The van der Waals surface area contributed by atoms with E-state index in [1.807, 2.05) is 12.3 Å². The summed E-state index contributed by atoms with van der Waals surface area (Å²) >= 11 is 2.14. The fourth-order valence-corrected chi connectivity index (χ4v) is 5.05. The summed E-state index contributed by atoms with van der Waals surface area (Å²) in [6, 6.07) is 4.67. The van der Waals surface area contributed by atoms with Crippen molar-refractivity contribution in [2.45, 2.75) is 49.8 Å². The fourth-order valence-electron chi connectivity index (χ4n) is 3.74. The average Bonchev–Trinajstić information content (AvgIpc) is 2.94. The molecular formula is C17H24N4S. The number of imidazole rings is 1. The van der Waals surface area contributed by atoms with Gasteiger partial charge in [0, 0.05) is 23.9 Å². The van der Waals surface area contributed by atoms with Crippen LogP contribution in [0.1, 0.15) is 44.0 Å². The number of hydrogen-bond acceptors (Lipinski definition) is 4. The topological polar surface area (TPSA) is 42.7 Å². The van der Waals surface area contributed by atoms with E-state index < -0.39 is 0 Å². The van der Waals surface area contributed by atoms with Crippen molar-refractivity contribution in [1.82, 2.24) is 19.9 Å². The van der Waals surface area contributed by atoms with Crippen LogP contribution in [0.5, 0.6) is 0 Å². The summed E-state index contributed by atoms with van der Waals surface area (Å²) < 4.78 is 2.46. The number of piperidine rings is 1. The molecule has 22 heavy (non-hydrogen) atoms. The Kier molecular flexibility index (Phi) is 4.35. The van der Waals surface area contributed by atoms with Crippen molar-refractivity contribution in [1.29, 1.82) is 0 Å². The van der Waals surface area contributed by atoms with Crippen molar-refractivity contribution in [2.75, 3.05) is 18.8 Å². The highest BCUT2D eigenvalue weighted by atomic mass is 32.2.